The summed E-state index contributed by atoms with van der Waals surface area (Å²) in [5, 5.41) is 2.82. The number of hydrogen-bond donors (Lipinski definition) is 1. The summed E-state index contributed by atoms with van der Waals surface area (Å²) in [7, 11) is 0. The molecule has 0 spiro atoms. The number of fused-ring (bicyclic) bond motifs is 1. The minimum atomic E-state index is -1.08. The fraction of sp³-hybridized carbons (Fsp3) is 0.263. The lowest BCUT2D eigenvalue weighted by atomic mass is 9.91. The lowest BCUT2D eigenvalue weighted by Gasteiger charge is -2.22. The van der Waals surface area contributed by atoms with Gasteiger partial charge in [0.2, 0.25) is 6.79 Å². The Morgan fingerprint density at radius 1 is 1.15 bits per heavy atom. The minimum absolute atomic E-state index is 0.142. The molecule has 1 saturated heterocycles. The van der Waals surface area contributed by atoms with Crippen LogP contribution in [0.5, 0.6) is 11.5 Å². The van der Waals surface area contributed by atoms with Crippen LogP contribution in [0.25, 0.3) is 0 Å². The molecule has 2 aromatic rings. The summed E-state index contributed by atoms with van der Waals surface area (Å²) in [5.74, 6) is 0.967. The van der Waals surface area contributed by atoms with Gasteiger partial charge in [-0.1, -0.05) is 45.8 Å². The van der Waals surface area contributed by atoms with Gasteiger partial charge < -0.3 is 14.8 Å². The van der Waals surface area contributed by atoms with E-state index in [1.165, 1.54) is 4.90 Å². The van der Waals surface area contributed by atoms with Crippen LogP contribution < -0.4 is 14.8 Å². The van der Waals surface area contributed by atoms with Crippen molar-refractivity contribution in [1.29, 1.82) is 0 Å². The fourth-order valence-corrected chi connectivity index (χ4v) is 3.62. The predicted molar refractivity (Wildman–Crippen MR) is 97.9 cm³/mol. The van der Waals surface area contributed by atoms with E-state index < -0.39 is 11.6 Å². The topological polar surface area (TPSA) is 67.9 Å². The Morgan fingerprint density at radius 3 is 2.50 bits per heavy atom. The van der Waals surface area contributed by atoms with Crippen LogP contribution in [0.1, 0.15) is 23.6 Å². The Balaban J connectivity index is 1.63. The average Bonchev–Trinajstić information content (AvgIpc) is 3.13. The molecule has 7 heteroatoms. The molecule has 0 bridgehead atoms. The van der Waals surface area contributed by atoms with Gasteiger partial charge in [0, 0.05) is 4.47 Å². The van der Waals surface area contributed by atoms with Gasteiger partial charge >= 0.3 is 6.03 Å². The number of nitrogens with zero attached hydrogens (tertiary/aromatic N) is 1. The lowest BCUT2D eigenvalue weighted by Crippen LogP contribution is -2.40. The molecule has 0 radical (unpaired) electrons. The third-order valence-electron chi connectivity index (χ3n) is 4.77. The number of rotatable bonds is 3. The SMILES string of the molecule is Cc1ccc(C2(C)NC(=O)N(Cc3cc4c(cc3Br)OCO4)C2=O)cc1. The first-order valence-corrected chi connectivity index (χ1v) is 8.97. The zero-order chi connectivity index (χ0) is 18.5. The maximum absolute atomic E-state index is 13.0. The van der Waals surface area contributed by atoms with Crippen molar-refractivity contribution in [3.8, 4) is 11.5 Å². The molecule has 2 aromatic carbocycles. The van der Waals surface area contributed by atoms with Gasteiger partial charge in [-0.15, -0.1) is 0 Å². The highest BCUT2D eigenvalue weighted by Crippen LogP contribution is 2.38. The molecule has 1 fully saturated rings. The van der Waals surface area contributed by atoms with Gasteiger partial charge in [0.1, 0.15) is 5.54 Å². The van der Waals surface area contributed by atoms with E-state index in [-0.39, 0.29) is 19.2 Å². The van der Waals surface area contributed by atoms with E-state index in [0.29, 0.717) is 11.5 Å². The quantitative estimate of drug-likeness (QED) is 0.777. The van der Waals surface area contributed by atoms with Gasteiger partial charge in [-0.3, -0.25) is 9.69 Å². The van der Waals surface area contributed by atoms with Crippen molar-refractivity contribution >= 4 is 27.9 Å². The van der Waals surface area contributed by atoms with E-state index >= 15 is 0 Å². The van der Waals surface area contributed by atoms with E-state index in [0.717, 1.165) is 21.2 Å². The van der Waals surface area contributed by atoms with Crippen LogP contribution in [0.4, 0.5) is 4.79 Å². The molecule has 0 aromatic heterocycles. The van der Waals surface area contributed by atoms with Gasteiger partial charge in [0.05, 0.1) is 6.54 Å². The van der Waals surface area contributed by atoms with Crippen LogP contribution in [0.3, 0.4) is 0 Å². The summed E-state index contributed by atoms with van der Waals surface area (Å²) >= 11 is 3.47. The Bertz CT molecular complexity index is 913. The van der Waals surface area contributed by atoms with Gasteiger partial charge in [-0.05, 0) is 37.1 Å². The molecular weight excluding hydrogens is 400 g/mol. The first-order chi connectivity index (χ1) is 12.4. The molecule has 1 unspecified atom stereocenters. The summed E-state index contributed by atoms with van der Waals surface area (Å²) in [6.45, 7) is 4.01. The lowest BCUT2D eigenvalue weighted by molar-refractivity contribution is -0.131. The smallest absolute Gasteiger partial charge is 0.325 e. The van der Waals surface area contributed by atoms with E-state index in [4.69, 9.17) is 9.47 Å². The molecule has 0 aliphatic carbocycles. The van der Waals surface area contributed by atoms with Crippen molar-refractivity contribution in [1.82, 2.24) is 10.2 Å². The first kappa shape index (κ1) is 16.9. The Hall–Kier alpha value is -2.54. The number of hydrogen-bond acceptors (Lipinski definition) is 4. The molecule has 1 atom stereocenters. The number of benzene rings is 2. The summed E-state index contributed by atoms with van der Waals surface area (Å²) in [6, 6.07) is 10.8. The van der Waals surface area contributed by atoms with Crippen molar-refractivity contribution in [3.05, 3.63) is 57.6 Å². The summed E-state index contributed by atoms with van der Waals surface area (Å²) in [5.41, 5.74) is 1.54. The number of ether oxygens (including phenoxy) is 2. The maximum Gasteiger partial charge on any atom is 0.325 e. The van der Waals surface area contributed by atoms with E-state index in [9.17, 15) is 9.59 Å². The highest BCUT2D eigenvalue weighted by Gasteiger charge is 2.49. The van der Waals surface area contributed by atoms with Crippen molar-refractivity contribution in [2.45, 2.75) is 25.9 Å². The van der Waals surface area contributed by atoms with Crippen molar-refractivity contribution in [2.75, 3.05) is 6.79 Å². The predicted octanol–water partition coefficient (Wildman–Crippen LogP) is 3.45. The largest absolute Gasteiger partial charge is 0.454 e. The second-order valence-electron chi connectivity index (χ2n) is 6.61. The minimum Gasteiger partial charge on any atom is -0.454 e. The van der Waals surface area contributed by atoms with Crippen LogP contribution in [0, 0.1) is 6.92 Å². The van der Waals surface area contributed by atoms with Gasteiger partial charge in [0.25, 0.3) is 5.91 Å². The molecule has 4 rings (SSSR count). The standard InChI is InChI=1S/C19H17BrN2O4/c1-11-3-5-13(6-4-11)19(2)17(23)22(18(24)21-19)9-12-7-15-16(8-14(12)20)26-10-25-15/h3-8H,9-10H2,1-2H3,(H,21,24). The molecular formula is C19H17BrN2O4. The fourth-order valence-electron chi connectivity index (χ4n) is 3.17. The molecule has 6 nitrogen and oxygen atoms in total. The number of halogens is 1. The van der Waals surface area contributed by atoms with Gasteiger partial charge in [-0.25, -0.2) is 4.79 Å². The van der Waals surface area contributed by atoms with Gasteiger partial charge in [-0.2, -0.15) is 0 Å². The van der Waals surface area contributed by atoms with E-state index in [2.05, 4.69) is 21.2 Å². The van der Waals surface area contributed by atoms with Crippen LogP contribution >= 0.6 is 15.9 Å². The molecule has 2 aliphatic heterocycles. The third-order valence-corrected chi connectivity index (χ3v) is 5.51. The number of nitrogens with one attached hydrogen (secondary N) is 1. The molecule has 0 saturated carbocycles. The maximum atomic E-state index is 13.0. The molecule has 3 amide bonds. The van der Waals surface area contributed by atoms with Crippen LogP contribution in [0.15, 0.2) is 40.9 Å². The zero-order valence-electron chi connectivity index (χ0n) is 14.3. The van der Waals surface area contributed by atoms with Crippen LogP contribution in [-0.4, -0.2) is 23.6 Å². The second-order valence-corrected chi connectivity index (χ2v) is 7.46. The highest BCUT2D eigenvalue weighted by molar-refractivity contribution is 9.10. The molecule has 26 heavy (non-hydrogen) atoms. The number of amides is 3. The van der Waals surface area contributed by atoms with Gasteiger partial charge in [0.15, 0.2) is 11.5 Å². The Morgan fingerprint density at radius 2 is 1.81 bits per heavy atom. The number of carbonyl (C=O) groups is 2. The summed E-state index contributed by atoms with van der Waals surface area (Å²) < 4.78 is 11.5. The Kier molecular flexibility index (Phi) is 3.91. The molecule has 2 heterocycles. The van der Waals surface area contributed by atoms with Crippen molar-refractivity contribution < 1.29 is 19.1 Å². The number of urea groups is 1. The van der Waals surface area contributed by atoms with E-state index in [1.54, 1.807) is 19.1 Å². The monoisotopic (exact) mass is 416 g/mol. The molecule has 1 N–H and O–H groups in total. The number of carbonyl (C=O) groups excluding carboxylic acids is 2. The van der Waals surface area contributed by atoms with E-state index in [1.807, 2.05) is 31.2 Å². The Labute approximate surface area is 159 Å². The van der Waals surface area contributed by atoms with Crippen molar-refractivity contribution in [3.63, 3.8) is 0 Å². The molecule has 2 aliphatic rings. The average molecular weight is 417 g/mol. The highest BCUT2D eigenvalue weighted by atomic mass is 79.9. The summed E-state index contributed by atoms with van der Waals surface area (Å²) in [6.07, 6.45) is 0. The van der Waals surface area contributed by atoms with Crippen LogP contribution in [-0.2, 0) is 16.9 Å². The number of imide groups is 1. The van der Waals surface area contributed by atoms with Crippen LogP contribution in [0.2, 0.25) is 0 Å². The normalized spacial score (nSPS) is 21.3. The zero-order valence-corrected chi connectivity index (χ0v) is 15.9. The first-order valence-electron chi connectivity index (χ1n) is 8.18. The number of aryl methyl sites for hydroxylation is 1. The summed E-state index contributed by atoms with van der Waals surface area (Å²) in [4.78, 5) is 26.8. The second kappa shape index (κ2) is 6.02. The van der Waals surface area contributed by atoms with Crippen molar-refractivity contribution in [2.24, 2.45) is 0 Å². The molecule has 134 valence electrons. The third kappa shape index (κ3) is 2.63.